The molecule has 1 unspecified atom stereocenters. The third-order valence-corrected chi connectivity index (χ3v) is 1.33. The lowest BCUT2D eigenvalue weighted by molar-refractivity contribution is -0.143. The van der Waals surface area contributed by atoms with E-state index in [9.17, 15) is 9.59 Å². The summed E-state index contributed by atoms with van der Waals surface area (Å²) < 4.78 is 4.40. The van der Waals surface area contributed by atoms with Gasteiger partial charge in [-0.1, -0.05) is 0 Å². The molecule has 1 amide bonds. The minimum absolute atomic E-state index is 0.125. The number of carbonyl (C=O) groups excluding carboxylic acids is 2. The summed E-state index contributed by atoms with van der Waals surface area (Å²) in [5.74, 6) is 3.37. The van der Waals surface area contributed by atoms with Gasteiger partial charge in [-0.05, 0) is 0 Å². The molecule has 0 saturated heterocycles. The van der Waals surface area contributed by atoms with Gasteiger partial charge >= 0.3 is 5.97 Å². The number of nitrogens with one attached hydrogen (secondary N) is 1. The summed E-state index contributed by atoms with van der Waals surface area (Å²) >= 11 is 0. The van der Waals surface area contributed by atoms with Crippen molar-refractivity contribution in [3.63, 3.8) is 0 Å². The van der Waals surface area contributed by atoms with Crippen LogP contribution in [0.5, 0.6) is 0 Å². The van der Waals surface area contributed by atoms with Gasteiger partial charge in [0, 0.05) is 6.42 Å². The van der Waals surface area contributed by atoms with Crippen LogP contribution in [0.15, 0.2) is 0 Å². The summed E-state index contributed by atoms with van der Waals surface area (Å²) in [5.41, 5.74) is 0. The van der Waals surface area contributed by atoms with Gasteiger partial charge in [-0.2, -0.15) is 0 Å². The number of rotatable bonds is 5. The Morgan fingerprint density at radius 2 is 2.23 bits per heavy atom. The standard InChI is InChI=1S/C6H11BN2O4/c1-12-5(10)4(2-3-13-8)9-6(7)11/h4H,2-3,8H2,1H3,(H,9,11). The molecule has 0 aliphatic rings. The van der Waals surface area contributed by atoms with Gasteiger partial charge in [0.2, 0.25) is 7.85 Å². The first-order chi connectivity index (χ1) is 6.11. The van der Waals surface area contributed by atoms with E-state index < -0.39 is 17.8 Å². The smallest absolute Gasteiger partial charge is 0.328 e. The van der Waals surface area contributed by atoms with E-state index in [4.69, 9.17) is 13.7 Å². The van der Waals surface area contributed by atoms with Crippen molar-refractivity contribution in [2.75, 3.05) is 13.7 Å². The first-order valence-electron chi connectivity index (χ1n) is 3.57. The molecule has 13 heavy (non-hydrogen) atoms. The molecule has 0 rings (SSSR count). The molecule has 6 nitrogen and oxygen atoms in total. The number of esters is 1. The Balaban J connectivity index is 4.02. The summed E-state index contributed by atoms with van der Waals surface area (Å²) in [6.45, 7) is 0.125. The number of methoxy groups -OCH3 is 1. The van der Waals surface area contributed by atoms with E-state index in [1.54, 1.807) is 0 Å². The molecular formula is C6H11BN2O4. The minimum atomic E-state index is -0.814. The predicted molar refractivity (Wildman–Crippen MR) is 44.8 cm³/mol. The Bertz CT molecular complexity index is 187. The molecule has 0 aliphatic carbocycles. The van der Waals surface area contributed by atoms with E-state index in [0.717, 1.165) is 0 Å². The highest BCUT2D eigenvalue weighted by molar-refractivity contribution is 6.57. The Kier molecular flexibility index (Phi) is 5.91. The third-order valence-electron chi connectivity index (χ3n) is 1.33. The maximum Gasteiger partial charge on any atom is 0.328 e. The van der Waals surface area contributed by atoms with Crippen molar-refractivity contribution in [2.45, 2.75) is 12.5 Å². The molecule has 0 fully saturated rings. The second kappa shape index (κ2) is 6.44. The van der Waals surface area contributed by atoms with Gasteiger partial charge in [0.1, 0.15) is 6.04 Å². The number of nitrogens with two attached hydrogens (primary N) is 1. The maximum absolute atomic E-state index is 11.0. The summed E-state index contributed by atoms with van der Waals surface area (Å²) in [4.78, 5) is 25.6. The minimum Gasteiger partial charge on any atom is -0.467 e. The van der Waals surface area contributed by atoms with Gasteiger partial charge in [-0.3, -0.25) is 4.79 Å². The molecule has 3 N–H and O–H groups in total. The molecule has 0 aromatic carbocycles. The van der Waals surface area contributed by atoms with E-state index in [2.05, 4.69) is 14.9 Å². The molecule has 0 heterocycles. The summed E-state index contributed by atoms with van der Waals surface area (Å²) in [5, 5.41) is 2.19. The van der Waals surface area contributed by atoms with Crippen LogP contribution in [0.3, 0.4) is 0 Å². The van der Waals surface area contributed by atoms with Crippen molar-refractivity contribution in [1.29, 1.82) is 0 Å². The molecule has 1 atom stereocenters. The maximum atomic E-state index is 11.0. The van der Waals surface area contributed by atoms with Crippen LogP contribution in [0.1, 0.15) is 6.42 Å². The first-order valence-corrected chi connectivity index (χ1v) is 3.57. The highest BCUT2D eigenvalue weighted by atomic mass is 16.6. The fraction of sp³-hybridized carbons (Fsp3) is 0.667. The normalized spacial score (nSPS) is 11.8. The van der Waals surface area contributed by atoms with Crippen LogP contribution in [0.2, 0.25) is 0 Å². The molecular weight excluding hydrogens is 175 g/mol. The molecule has 0 bridgehead atoms. The van der Waals surface area contributed by atoms with E-state index in [1.165, 1.54) is 7.11 Å². The average molecular weight is 186 g/mol. The number of carbonyl (C=O) groups is 2. The zero-order valence-corrected chi connectivity index (χ0v) is 7.28. The predicted octanol–water partition coefficient (Wildman–Crippen LogP) is -1.31. The number of amides is 1. The lowest BCUT2D eigenvalue weighted by Crippen LogP contribution is -2.41. The van der Waals surface area contributed by atoms with Crippen LogP contribution in [-0.2, 0) is 14.4 Å². The SMILES string of the molecule is [B]C(=O)NC(CCON)C(=O)OC. The average Bonchev–Trinajstić information content (AvgIpc) is 2.10. The second-order valence-electron chi connectivity index (χ2n) is 2.24. The molecule has 0 aromatic heterocycles. The van der Waals surface area contributed by atoms with Crippen molar-refractivity contribution < 1.29 is 19.2 Å². The zero-order valence-electron chi connectivity index (χ0n) is 7.28. The molecule has 7 heteroatoms. The van der Waals surface area contributed by atoms with Crippen LogP contribution in [0.4, 0.5) is 4.79 Å². The summed E-state index contributed by atoms with van der Waals surface area (Å²) in [7, 11) is 6.04. The lowest BCUT2D eigenvalue weighted by Gasteiger charge is -2.14. The van der Waals surface area contributed by atoms with Crippen molar-refractivity contribution in [3.05, 3.63) is 0 Å². The second-order valence-corrected chi connectivity index (χ2v) is 2.24. The molecule has 0 aromatic rings. The van der Waals surface area contributed by atoms with Crippen molar-refractivity contribution >= 4 is 19.6 Å². The summed E-state index contributed by atoms with van der Waals surface area (Å²) in [6, 6.07) is -0.814. The Labute approximate surface area is 77.1 Å². The fourth-order valence-corrected chi connectivity index (χ4v) is 0.749. The van der Waals surface area contributed by atoms with Gasteiger partial charge in [-0.25, -0.2) is 10.7 Å². The highest BCUT2D eigenvalue weighted by Gasteiger charge is 2.18. The van der Waals surface area contributed by atoms with Gasteiger partial charge in [-0.15, -0.1) is 0 Å². The van der Waals surface area contributed by atoms with Gasteiger partial charge in [0.25, 0.3) is 0 Å². The van der Waals surface area contributed by atoms with Gasteiger partial charge in [0.05, 0.1) is 13.7 Å². The topological polar surface area (TPSA) is 90.6 Å². The number of ether oxygens (including phenoxy) is 1. The van der Waals surface area contributed by atoms with Gasteiger partial charge in [0.15, 0.2) is 5.81 Å². The number of hydrogen-bond acceptors (Lipinski definition) is 5. The highest BCUT2D eigenvalue weighted by Crippen LogP contribution is 1.94. The van der Waals surface area contributed by atoms with Gasteiger partial charge < -0.3 is 14.9 Å². The number of hydrogen-bond donors (Lipinski definition) is 2. The Morgan fingerprint density at radius 1 is 1.62 bits per heavy atom. The van der Waals surface area contributed by atoms with Crippen LogP contribution < -0.4 is 11.2 Å². The van der Waals surface area contributed by atoms with Crippen LogP contribution in [0, 0.1) is 0 Å². The zero-order chi connectivity index (χ0) is 10.3. The Morgan fingerprint density at radius 3 is 2.62 bits per heavy atom. The van der Waals surface area contributed by atoms with Crippen LogP contribution in [-0.4, -0.2) is 39.4 Å². The molecule has 2 radical (unpaired) electrons. The summed E-state index contributed by atoms with van der Waals surface area (Å²) in [6.07, 6.45) is 0.214. The molecule has 72 valence electrons. The molecule has 0 aliphatic heterocycles. The van der Waals surface area contributed by atoms with Crippen molar-refractivity contribution in [2.24, 2.45) is 5.90 Å². The van der Waals surface area contributed by atoms with Crippen molar-refractivity contribution in [3.8, 4) is 0 Å². The lowest BCUT2D eigenvalue weighted by atomic mass is 10.1. The van der Waals surface area contributed by atoms with E-state index >= 15 is 0 Å². The largest absolute Gasteiger partial charge is 0.467 e. The van der Waals surface area contributed by atoms with E-state index in [1.807, 2.05) is 0 Å². The van der Waals surface area contributed by atoms with Crippen LogP contribution >= 0.6 is 0 Å². The van der Waals surface area contributed by atoms with Crippen LogP contribution in [0.25, 0.3) is 0 Å². The fourth-order valence-electron chi connectivity index (χ4n) is 0.749. The quantitative estimate of drug-likeness (QED) is 0.316. The van der Waals surface area contributed by atoms with E-state index in [0.29, 0.717) is 0 Å². The molecule has 0 saturated carbocycles. The third kappa shape index (κ3) is 5.21. The molecule has 0 spiro atoms. The monoisotopic (exact) mass is 186 g/mol. The first kappa shape index (κ1) is 11.9. The Hall–Kier alpha value is -1.08. The van der Waals surface area contributed by atoms with Crippen molar-refractivity contribution in [1.82, 2.24) is 5.32 Å². The van der Waals surface area contributed by atoms with E-state index in [-0.39, 0.29) is 13.0 Å².